The summed E-state index contributed by atoms with van der Waals surface area (Å²) in [4.78, 5) is 0. The first kappa shape index (κ1) is 38.8. The first-order chi connectivity index (χ1) is 24.7. The molecule has 11 rings (SSSR count). The molecule has 0 saturated heterocycles. The number of aryl methyl sites for hydroxylation is 1. The van der Waals surface area contributed by atoms with Crippen molar-refractivity contribution in [3.8, 4) is 11.1 Å². The Morgan fingerprint density at radius 3 is 1.63 bits per heavy atom. The Morgan fingerprint density at radius 1 is 0.667 bits per heavy atom. The second-order valence-corrected chi connectivity index (χ2v) is 25.8. The maximum atomic E-state index is 2.88. The van der Waals surface area contributed by atoms with Crippen LogP contribution in [0.15, 0.2) is 81.2 Å². The molecule has 8 aliphatic carbocycles. The molecular weight excluding hydrogens is 775 g/mol. The topological polar surface area (TPSA) is 0 Å². The first-order valence-corrected chi connectivity index (χ1v) is 24.7. The van der Waals surface area contributed by atoms with Crippen LogP contribution in [0.5, 0.6) is 0 Å². The second kappa shape index (κ2) is 13.3. The SMILES string of the molecule is CC1=CC(C)(C)c2cc3c(cc21)-c1cc2c(cc1[CH]3/[Zr+2](=[CH]/c1ccc(C)cc1)[C]1=C(C)C(CC34CC5CC(CC(C5)C3)C4)=CC1C)C(C)(C)C=C2C.[Cl-].[Cl-]. The molecule has 0 amide bonds. The maximum absolute atomic E-state index is 2.88. The van der Waals surface area contributed by atoms with Crippen molar-refractivity contribution in [1.29, 1.82) is 0 Å². The quantitative estimate of drug-likeness (QED) is 0.252. The number of rotatable bonds is 5. The van der Waals surface area contributed by atoms with Crippen molar-refractivity contribution in [2.24, 2.45) is 29.1 Å². The third-order valence-electron chi connectivity index (χ3n) is 15.2. The molecule has 0 aromatic heterocycles. The van der Waals surface area contributed by atoms with Crippen LogP contribution < -0.4 is 24.8 Å². The predicted molar refractivity (Wildman–Crippen MR) is 219 cm³/mol. The van der Waals surface area contributed by atoms with E-state index in [1.165, 1.54) is 101 Å². The van der Waals surface area contributed by atoms with E-state index in [0.29, 0.717) is 15.0 Å². The van der Waals surface area contributed by atoms with E-state index in [9.17, 15) is 0 Å². The molecule has 0 spiro atoms. The minimum Gasteiger partial charge on any atom is -1.00 e. The largest absolute Gasteiger partial charge is 1.00 e. The van der Waals surface area contributed by atoms with Gasteiger partial charge in [-0.15, -0.1) is 0 Å². The Morgan fingerprint density at radius 2 is 1.15 bits per heavy atom. The molecule has 0 radical (unpaired) electrons. The Bertz CT molecular complexity index is 2130. The Balaban J connectivity index is 0.00000207. The second-order valence-electron chi connectivity index (χ2n) is 20.1. The van der Waals surface area contributed by atoms with Crippen molar-refractivity contribution in [3.05, 3.63) is 126 Å². The molecule has 0 heterocycles. The van der Waals surface area contributed by atoms with Gasteiger partial charge in [0.15, 0.2) is 0 Å². The smallest absolute Gasteiger partial charge is 1.00 e. The van der Waals surface area contributed by atoms with Gasteiger partial charge in [0.2, 0.25) is 0 Å². The van der Waals surface area contributed by atoms with Gasteiger partial charge in [0.25, 0.3) is 0 Å². The van der Waals surface area contributed by atoms with Crippen LogP contribution in [-0.4, -0.2) is 3.71 Å². The van der Waals surface area contributed by atoms with E-state index in [1.54, 1.807) is 22.3 Å². The average Bonchev–Trinajstić information content (AvgIpc) is 3.68. The van der Waals surface area contributed by atoms with Gasteiger partial charge >= 0.3 is 324 Å². The van der Waals surface area contributed by atoms with Gasteiger partial charge < -0.3 is 24.8 Å². The molecule has 4 saturated carbocycles. The number of fused-ring (bicyclic) bond motifs is 5. The first-order valence-electron chi connectivity index (χ1n) is 20.7. The number of hydrogen-bond acceptors (Lipinski definition) is 0. The monoisotopic (exact) mass is 830 g/mol. The van der Waals surface area contributed by atoms with E-state index in [1.807, 2.05) is 3.28 Å². The van der Waals surface area contributed by atoms with E-state index >= 15 is 0 Å². The normalized spacial score (nSPS) is 28.9. The zero-order chi connectivity index (χ0) is 36.1. The molecule has 4 fully saturated rings. The van der Waals surface area contributed by atoms with Crippen LogP contribution in [0.3, 0.4) is 0 Å². The van der Waals surface area contributed by atoms with Crippen molar-refractivity contribution in [3.63, 3.8) is 0 Å². The summed E-state index contributed by atoms with van der Waals surface area (Å²) in [6.45, 7) is 21.8. The van der Waals surface area contributed by atoms with Gasteiger partial charge in [0, 0.05) is 0 Å². The maximum Gasteiger partial charge on any atom is -1.00 e. The van der Waals surface area contributed by atoms with Crippen LogP contribution in [0.25, 0.3) is 22.3 Å². The molecule has 1 atom stereocenters. The van der Waals surface area contributed by atoms with E-state index in [-0.39, 0.29) is 35.6 Å². The van der Waals surface area contributed by atoms with Crippen LogP contribution in [0.1, 0.15) is 148 Å². The number of halogens is 2. The van der Waals surface area contributed by atoms with Crippen molar-refractivity contribution >= 4 is 14.9 Å². The molecule has 8 aliphatic rings. The molecule has 0 N–H and O–H groups in total. The summed E-state index contributed by atoms with van der Waals surface area (Å²) >= 11 is -2.67. The number of benzene rings is 3. The van der Waals surface area contributed by atoms with Crippen LogP contribution in [0.2, 0.25) is 0 Å². The summed E-state index contributed by atoms with van der Waals surface area (Å²) in [5.41, 5.74) is 22.1. The summed E-state index contributed by atoms with van der Waals surface area (Å²) in [6.07, 6.45) is 18.3. The molecular formula is C51H58Cl2Zr. The molecule has 1 unspecified atom stereocenters. The van der Waals surface area contributed by atoms with Gasteiger partial charge in [0.1, 0.15) is 0 Å². The summed E-state index contributed by atoms with van der Waals surface area (Å²) in [6, 6.07) is 20.2. The third-order valence-corrected chi connectivity index (χ3v) is 23.4. The summed E-state index contributed by atoms with van der Waals surface area (Å²) in [5.74, 6) is 3.55. The van der Waals surface area contributed by atoms with E-state index < -0.39 is 21.3 Å². The zero-order valence-electron chi connectivity index (χ0n) is 34.0. The van der Waals surface area contributed by atoms with Gasteiger partial charge in [-0.05, 0) is 0 Å². The average molecular weight is 833 g/mol. The molecule has 54 heavy (non-hydrogen) atoms. The van der Waals surface area contributed by atoms with Gasteiger partial charge in [-0.1, -0.05) is 0 Å². The van der Waals surface area contributed by atoms with Gasteiger partial charge in [0.05, 0.1) is 0 Å². The van der Waals surface area contributed by atoms with Crippen molar-refractivity contribution < 1.29 is 46.1 Å². The number of hydrogen-bond donors (Lipinski definition) is 0. The minimum atomic E-state index is -2.67. The van der Waals surface area contributed by atoms with Gasteiger partial charge in [-0.3, -0.25) is 0 Å². The standard InChI is InChI=1S/C25H25.C18H25.C8H8.2ClH.Zr/c1-14-12-24(3,4)22-8-16-7-17-9-23-19(15(2)13-25(23,5)6)11-21(17)20(16)10-18(14)22;1-12-3-13(2)17(4-12)11-18-8-14-5-15(9-18)7-16(6-14)10-18;1-7-3-5-8(2)6-4-7;;;/h7-13H,1-6H3;4,12,14-16H,5-11H2,1-2H3;1,3-6H,2H3;2*1H;/q;;;;;+2/p-2. The van der Waals surface area contributed by atoms with Crippen LogP contribution in [0, 0.1) is 36.0 Å². The van der Waals surface area contributed by atoms with Gasteiger partial charge in [-0.2, -0.15) is 0 Å². The molecule has 4 bridgehead atoms. The van der Waals surface area contributed by atoms with Crippen LogP contribution in [-0.2, 0) is 32.1 Å². The fourth-order valence-electron chi connectivity index (χ4n) is 13.6. The Kier molecular flexibility index (Phi) is 9.52. The molecule has 280 valence electrons. The van der Waals surface area contributed by atoms with Crippen molar-refractivity contribution in [2.75, 3.05) is 0 Å². The Hall–Kier alpha value is -2.05. The fraction of sp³-hybridized carbons (Fsp3) is 0.471. The van der Waals surface area contributed by atoms with E-state index in [2.05, 4.69) is 133 Å². The summed E-state index contributed by atoms with van der Waals surface area (Å²) in [5, 5.41) is 0. The van der Waals surface area contributed by atoms with Crippen molar-refractivity contribution in [2.45, 2.75) is 122 Å². The molecule has 3 aromatic rings. The molecule has 0 nitrogen and oxygen atoms in total. The molecule has 3 heteroatoms. The van der Waals surface area contributed by atoms with Gasteiger partial charge in [-0.25, -0.2) is 0 Å². The van der Waals surface area contributed by atoms with Crippen molar-refractivity contribution in [1.82, 2.24) is 0 Å². The number of allylic oxidation sites excluding steroid dienone is 8. The van der Waals surface area contributed by atoms with E-state index in [0.717, 1.165) is 17.8 Å². The van der Waals surface area contributed by atoms with Crippen LogP contribution >= 0.6 is 0 Å². The predicted octanol–water partition coefficient (Wildman–Crippen LogP) is 7.39. The summed E-state index contributed by atoms with van der Waals surface area (Å²) in [7, 11) is 0. The third kappa shape index (κ3) is 5.94. The van der Waals surface area contributed by atoms with Crippen LogP contribution in [0.4, 0.5) is 0 Å². The minimum absolute atomic E-state index is 0. The van der Waals surface area contributed by atoms with E-state index in [4.69, 9.17) is 0 Å². The fourth-order valence-corrected chi connectivity index (χ4v) is 22.2. The summed E-state index contributed by atoms with van der Waals surface area (Å²) < 4.78 is 5.22. The zero-order valence-corrected chi connectivity index (χ0v) is 38.0. The Labute approximate surface area is 346 Å². The molecule has 0 aliphatic heterocycles. The molecule has 3 aromatic carbocycles.